The highest BCUT2D eigenvalue weighted by Gasteiger charge is 2.10. The highest BCUT2D eigenvalue weighted by atomic mass is 32.2. The van der Waals surface area contributed by atoms with E-state index in [1.54, 1.807) is 6.92 Å². The van der Waals surface area contributed by atoms with E-state index in [2.05, 4.69) is 5.32 Å². The molecular weight excluding hydrogens is 222 g/mol. The van der Waals surface area contributed by atoms with Gasteiger partial charge in [-0.1, -0.05) is 42.1 Å². The standard InChI is InChI=1S/C11H13N3OS/c1-8(12)16-10(13)11(15)14-7-9-5-3-2-4-6-9/h2-6,12-13H,7H2,1H3,(H,14,15). The summed E-state index contributed by atoms with van der Waals surface area (Å²) in [5.74, 6) is -0.444. The van der Waals surface area contributed by atoms with Crippen molar-refractivity contribution in [3.63, 3.8) is 0 Å². The molecule has 0 radical (unpaired) electrons. The Balaban J connectivity index is 2.41. The van der Waals surface area contributed by atoms with E-state index < -0.39 is 5.91 Å². The average molecular weight is 235 g/mol. The van der Waals surface area contributed by atoms with Gasteiger partial charge in [-0.05, 0) is 12.5 Å². The van der Waals surface area contributed by atoms with Gasteiger partial charge in [-0.3, -0.25) is 15.6 Å². The zero-order chi connectivity index (χ0) is 12.0. The number of carbonyl (C=O) groups is 1. The molecule has 0 atom stereocenters. The highest BCUT2D eigenvalue weighted by molar-refractivity contribution is 8.27. The molecule has 5 heteroatoms. The Morgan fingerprint density at radius 2 is 1.94 bits per heavy atom. The zero-order valence-corrected chi connectivity index (χ0v) is 9.73. The van der Waals surface area contributed by atoms with Gasteiger partial charge < -0.3 is 5.32 Å². The van der Waals surface area contributed by atoms with Gasteiger partial charge in [0, 0.05) is 6.54 Å². The van der Waals surface area contributed by atoms with E-state index in [1.807, 2.05) is 30.3 Å². The summed E-state index contributed by atoms with van der Waals surface area (Å²) in [5.41, 5.74) is 0.986. The van der Waals surface area contributed by atoms with Gasteiger partial charge in [0.25, 0.3) is 5.91 Å². The maximum absolute atomic E-state index is 11.4. The molecule has 3 N–H and O–H groups in total. The van der Waals surface area contributed by atoms with Gasteiger partial charge in [-0.15, -0.1) is 0 Å². The molecule has 0 aliphatic rings. The van der Waals surface area contributed by atoms with E-state index in [1.165, 1.54) is 0 Å². The van der Waals surface area contributed by atoms with Crippen molar-refractivity contribution in [2.24, 2.45) is 0 Å². The molecule has 0 saturated carbocycles. The van der Waals surface area contributed by atoms with Crippen molar-refractivity contribution in [2.45, 2.75) is 13.5 Å². The van der Waals surface area contributed by atoms with E-state index in [9.17, 15) is 4.79 Å². The summed E-state index contributed by atoms with van der Waals surface area (Å²) in [4.78, 5) is 11.4. The first-order chi connectivity index (χ1) is 7.59. The van der Waals surface area contributed by atoms with Gasteiger partial charge >= 0.3 is 0 Å². The molecular formula is C11H13N3OS. The van der Waals surface area contributed by atoms with Crippen LogP contribution in [0.2, 0.25) is 0 Å². The van der Waals surface area contributed by atoms with Crippen molar-refractivity contribution in [2.75, 3.05) is 0 Å². The number of hydrogen-bond acceptors (Lipinski definition) is 4. The van der Waals surface area contributed by atoms with Gasteiger partial charge in [0.05, 0.1) is 5.04 Å². The lowest BCUT2D eigenvalue weighted by atomic mass is 10.2. The van der Waals surface area contributed by atoms with E-state index in [4.69, 9.17) is 10.8 Å². The Hall–Kier alpha value is -1.62. The molecule has 1 aromatic carbocycles. The molecule has 0 bridgehead atoms. The normalized spacial score (nSPS) is 9.56. The van der Waals surface area contributed by atoms with Crippen LogP contribution < -0.4 is 5.32 Å². The second-order valence-electron chi connectivity index (χ2n) is 3.16. The minimum atomic E-state index is -0.444. The average Bonchev–Trinajstić information content (AvgIpc) is 2.26. The van der Waals surface area contributed by atoms with E-state index in [-0.39, 0.29) is 10.1 Å². The number of hydrogen-bond donors (Lipinski definition) is 3. The van der Waals surface area contributed by atoms with Crippen LogP contribution >= 0.6 is 11.8 Å². The summed E-state index contributed by atoms with van der Waals surface area (Å²) in [5, 5.41) is 17.3. The topological polar surface area (TPSA) is 76.8 Å². The lowest BCUT2D eigenvalue weighted by molar-refractivity contribution is -0.114. The zero-order valence-electron chi connectivity index (χ0n) is 8.91. The van der Waals surface area contributed by atoms with Crippen LogP contribution in [0.25, 0.3) is 0 Å². The minimum Gasteiger partial charge on any atom is -0.346 e. The number of nitrogens with one attached hydrogen (secondary N) is 3. The SMILES string of the molecule is CC(=N)SC(=N)C(=O)NCc1ccccc1. The summed E-state index contributed by atoms with van der Waals surface area (Å²) in [6.45, 7) is 1.95. The highest BCUT2D eigenvalue weighted by Crippen LogP contribution is 2.04. The molecule has 0 fully saturated rings. The van der Waals surface area contributed by atoms with Crippen LogP contribution in [-0.4, -0.2) is 16.0 Å². The number of amides is 1. The fourth-order valence-electron chi connectivity index (χ4n) is 1.06. The molecule has 0 aromatic heterocycles. The van der Waals surface area contributed by atoms with Gasteiger partial charge in [0.15, 0.2) is 5.04 Å². The lowest BCUT2D eigenvalue weighted by Gasteiger charge is -2.05. The molecule has 0 aliphatic carbocycles. The largest absolute Gasteiger partial charge is 0.346 e. The summed E-state index contributed by atoms with van der Waals surface area (Å²) in [6.07, 6.45) is 0. The molecule has 0 spiro atoms. The molecule has 0 heterocycles. The van der Waals surface area contributed by atoms with Crippen molar-refractivity contribution in [1.82, 2.24) is 5.32 Å². The molecule has 0 unspecified atom stereocenters. The second kappa shape index (κ2) is 6.07. The van der Waals surface area contributed by atoms with Crippen LogP contribution in [-0.2, 0) is 11.3 Å². The van der Waals surface area contributed by atoms with Crippen molar-refractivity contribution in [3.05, 3.63) is 35.9 Å². The van der Waals surface area contributed by atoms with Crippen LogP contribution in [0.5, 0.6) is 0 Å². The Morgan fingerprint density at radius 1 is 1.31 bits per heavy atom. The van der Waals surface area contributed by atoms with Crippen molar-refractivity contribution in [1.29, 1.82) is 10.8 Å². The lowest BCUT2D eigenvalue weighted by Crippen LogP contribution is -2.28. The van der Waals surface area contributed by atoms with Crippen LogP contribution in [0.3, 0.4) is 0 Å². The van der Waals surface area contributed by atoms with Gasteiger partial charge in [0.2, 0.25) is 0 Å². The van der Waals surface area contributed by atoms with Gasteiger partial charge in [-0.25, -0.2) is 0 Å². The van der Waals surface area contributed by atoms with Crippen LogP contribution in [0, 0.1) is 10.8 Å². The number of carbonyl (C=O) groups excluding carboxylic acids is 1. The van der Waals surface area contributed by atoms with Crippen molar-refractivity contribution < 1.29 is 4.79 Å². The Kier molecular flexibility index (Phi) is 4.72. The van der Waals surface area contributed by atoms with E-state index >= 15 is 0 Å². The van der Waals surface area contributed by atoms with Crippen LogP contribution in [0.1, 0.15) is 12.5 Å². The molecule has 1 rings (SSSR count). The third kappa shape index (κ3) is 4.27. The Morgan fingerprint density at radius 3 is 2.50 bits per heavy atom. The Labute approximate surface area is 98.5 Å². The maximum Gasteiger partial charge on any atom is 0.276 e. The smallest absolute Gasteiger partial charge is 0.276 e. The summed E-state index contributed by atoms with van der Waals surface area (Å²) in [7, 11) is 0. The predicted molar refractivity (Wildman–Crippen MR) is 67.0 cm³/mol. The van der Waals surface area contributed by atoms with E-state index in [0.717, 1.165) is 17.3 Å². The second-order valence-corrected chi connectivity index (χ2v) is 4.38. The summed E-state index contributed by atoms with van der Waals surface area (Å²) in [6, 6.07) is 9.49. The van der Waals surface area contributed by atoms with Crippen LogP contribution in [0.15, 0.2) is 30.3 Å². The third-order valence-electron chi connectivity index (χ3n) is 1.76. The molecule has 4 nitrogen and oxygen atoms in total. The quantitative estimate of drug-likeness (QED) is 0.541. The van der Waals surface area contributed by atoms with Crippen LogP contribution in [0.4, 0.5) is 0 Å². The molecule has 1 aromatic rings. The number of benzene rings is 1. The summed E-state index contributed by atoms with van der Waals surface area (Å²) >= 11 is 0.852. The predicted octanol–water partition coefficient (Wildman–Crippen LogP) is 2.01. The third-order valence-corrected chi connectivity index (χ3v) is 2.45. The summed E-state index contributed by atoms with van der Waals surface area (Å²) < 4.78 is 0. The molecule has 16 heavy (non-hydrogen) atoms. The fraction of sp³-hybridized carbons (Fsp3) is 0.182. The first-order valence-corrected chi connectivity index (χ1v) is 5.55. The molecule has 0 aliphatic heterocycles. The van der Waals surface area contributed by atoms with Gasteiger partial charge in [-0.2, -0.15) is 0 Å². The van der Waals surface area contributed by atoms with Gasteiger partial charge in [0.1, 0.15) is 0 Å². The monoisotopic (exact) mass is 235 g/mol. The molecule has 1 amide bonds. The minimum absolute atomic E-state index is 0.150. The first kappa shape index (κ1) is 12.4. The number of thioether (sulfide) groups is 1. The van der Waals surface area contributed by atoms with E-state index in [0.29, 0.717) is 6.54 Å². The maximum atomic E-state index is 11.4. The first-order valence-electron chi connectivity index (χ1n) is 4.73. The molecule has 84 valence electrons. The number of rotatable bonds is 2. The van der Waals surface area contributed by atoms with Crippen molar-refractivity contribution in [3.8, 4) is 0 Å². The fourth-order valence-corrected chi connectivity index (χ4v) is 1.53. The van der Waals surface area contributed by atoms with Crippen molar-refractivity contribution >= 4 is 27.8 Å². The molecule has 0 saturated heterocycles. The Bertz CT molecular complexity index is 403.